The summed E-state index contributed by atoms with van der Waals surface area (Å²) < 4.78 is 12.4. The van der Waals surface area contributed by atoms with Crippen LogP contribution in [0.3, 0.4) is 0 Å². The van der Waals surface area contributed by atoms with E-state index < -0.39 is 0 Å². The van der Waals surface area contributed by atoms with Gasteiger partial charge < -0.3 is 25.2 Å². The number of aliphatic imine (C=N–C) groups is 1. The largest absolute Gasteiger partial charge is 0.488 e. The zero-order chi connectivity index (χ0) is 18.8. The van der Waals surface area contributed by atoms with Gasteiger partial charge in [-0.25, -0.2) is 0 Å². The van der Waals surface area contributed by atoms with Crippen molar-refractivity contribution in [2.24, 2.45) is 10.4 Å². The van der Waals surface area contributed by atoms with Crippen molar-refractivity contribution in [1.82, 2.24) is 10.6 Å². The van der Waals surface area contributed by atoms with Crippen LogP contribution in [-0.4, -0.2) is 56.6 Å². The van der Waals surface area contributed by atoms with Gasteiger partial charge in [0.05, 0.1) is 24.2 Å². The van der Waals surface area contributed by atoms with Crippen LogP contribution < -0.4 is 15.4 Å². The molecule has 2 atom stereocenters. The summed E-state index contributed by atoms with van der Waals surface area (Å²) in [5.74, 6) is 1.59. The van der Waals surface area contributed by atoms with Crippen LogP contribution in [0.1, 0.15) is 26.7 Å². The number of rotatable bonds is 9. The van der Waals surface area contributed by atoms with E-state index in [4.69, 9.17) is 14.5 Å². The Labute approximate surface area is 164 Å². The van der Waals surface area contributed by atoms with Crippen molar-refractivity contribution in [2.75, 3.05) is 39.5 Å². The van der Waals surface area contributed by atoms with Gasteiger partial charge in [0.1, 0.15) is 11.9 Å². The number of nitrogens with one attached hydrogen (secondary N) is 2. The summed E-state index contributed by atoms with van der Waals surface area (Å²) in [5, 5.41) is 15.9. The fraction of sp³-hybridized carbons (Fsp3) is 0.632. The van der Waals surface area contributed by atoms with Crippen LogP contribution in [0.2, 0.25) is 0 Å². The summed E-state index contributed by atoms with van der Waals surface area (Å²) in [6, 6.07) is 7.82. The highest BCUT2D eigenvalue weighted by Crippen LogP contribution is 2.32. The molecule has 2 unspecified atom stereocenters. The summed E-state index contributed by atoms with van der Waals surface area (Å²) in [6.45, 7) is 7.70. The molecular formula is C19H30BrN3O3. The molecule has 7 heteroatoms. The molecule has 2 rings (SSSR count). The van der Waals surface area contributed by atoms with Gasteiger partial charge in [-0.3, -0.25) is 4.99 Å². The first-order chi connectivity index (χ1) is 12.6. The first-order valence-corrected chi connectivity index (χ1v) is 10.00. The van der Waals surface area contributed by atoms with Gasteiger partial charge in [-0.15, -0.1) is 0 Å². The highest BCUT2D eigenvalue weighted by atomic mass is 79.9. The Bertz CT molecular complexity index is 577. The first kappa shape index (κ1) is 21.0. The molecule has 0 aromatic heterocycles. The molecule has 1 fully saturated rings. The number of nitrogens with zero attached hydrogens (tertiary/aromatic N) is 1. The summed E-state index contributed by atoms with van der Waals surface area (Å²) in [7, 11) is 0. The minimum absolute atomic E-state index is 0.0150. The van der Waals surface area contributed by atoms with Gasteiger partial charge in [0, 0.05) is 25.2 Å². The number of guanidine groups is 1. The first-order valence-electron chi connectivity index (χ1n) is 9.20. The van der Waals surface area contributed by atoms with E-state index in [2.05, 4.69) is 26.6 Å². The zero-order valence-electron chi connectivity index (χ0n) is 15.6. The molecule has 1 aromatic rings. The van der Waals surface area contributed by atoms with E-state index in [1.54, 1.807) is 0 Å². The van der Waals surface area contributed by atoms with Gasteiger partial charge >= 0.3 is 0 Å². The number of aliphatic hydroxyl groups is 1. The Balaban J connectivity index is 1.89. The van der Waals surface area contributed by atoms with Crippen molar-refractivity contribution < 1.29 is 14.6 Å². The molecule has 3 N–H and O–H groups in total. The predicted octanol–water partition coefficient (Wildman–Crippen LogP) is 2.56. The number of aliphatic hydroxyl groups excluding tert-OH is 1. The van der Waals surface area contributed by atoms with Crippen LogP contribution in [-0.2, 0) is 4.74 Å². The van der Waals surface area contributed by atoms with Crippen molar-refractivity contribution in [3.8, 4) is 5.75 Å². The topological polar surface area (TPSA) is 75.1 Å². The fourth-order valence-electron chi connectivity index (χ4n) is 2.92. The molecule has 1 aromatic carbocycles. The molecule has 1 heterocycles. The van der Waals surface area contributed by atoms with Crippen LogP contribution in [0.4, 0.5) is 0 Å². The van der Waals surface area contributed by atoms with Crippen LogP contribution in [0.25, 0.3) is 0 Å². The number of benzene rings is 1. The molecule has 0 saturated carbocycles. The molecule has 0 bridgehead atoms. The third kappa shape index (κ3) is 6.45. The Kier molecular flexibility index (Phi) is 8.68. The predicted molar refractivity (Wildman–Crippen MR) is 108 cm³/mol. The van der Waals surface area contributed by atoms with Gasteiger partial charge in [-0.1, -0.05) is 12.1 Å². The maximum absolute atomic E-state index is 9.34. The Hall–Kier alpha value is -1.31. The van der Waals surface area contributed by atoms with Gasteiger partial charge in [0.15, 0.2) is 5.96 Å². The van der Waals surface area contributed by atoms with E-state index in [-0.39, 0.29) is 18.1 Å². The minimum atomic E-state index is -0.0475. The van der Waals surface area contributed by atoms with Crippen molar-refractivity contribution >= 4 is 21.9 Å². The maximum Gasteiger partial charge on any atom is 0.191 e. The van der Waals surface area contributed by atoms with Gasteiger partial charge in [-0.05, 0) is 54.8 Å². The highest BCUT2D eigenvalue weighted by molar-refractivity contribution is 9.10. The number of hydrogen-bond donors (Lipinski definition) is 3. The molecule has 1 aliphatic rings. The van der Waals surface area contributed by atoms with Crippen LogP contribution >= 0.6 is 15.9 Å². The Morgan fingerprint density at radius 1 is 1.42 bits per heavy atom. The van der Waals surface area contributed by atoms with Crippen molar-refractivity contribution in [1.29, 1.82) is 0 Å². The van der Waals surface area contributed by atoms with E-state index in [1.165, 1.54) is 0 Å². The zero-order valence-corrected chi connectivity index (χ0v) is 17.2. The quantitative estimate of drug-likeness (QED) is 0.417. The SMILES string of the molecule is CCNC(=NCC1(CCO)CCOC1)NCC(C)Oc1ccccc1Br. The monoisotopic (exact) mass is 427 g/mol. The third-order valence-electron chi connectivity index (χ3n) is 4.47. The van der Waals surface area contributed by atoms with E-state index in [0.29, 0.717) is 19.7 Å². The van der Waals surface area contributed by atoms with Gasteiger partial charge in [0.2, 0.25) is 0 Å². The summed E-state index contributed by atoms with van der Waals surface area (Å²) in [6.07, 6.45) is 1.65. The molecule has 0 aliphatic carbocycles. The second-order valence-electron chi connectivity index (χ2n) is 6.71. The standard InChI is InChI=1S/C19H30BrN3O3/c1-3-21-18(23-13-19(8-10-24)9-11-25-14-19)22-12-15(2)26-17-7-5-4-6-16(17)20/h4-7,15,24H,3,8-14H2,1-2H3,(H2,21,22,23). The van der Waals surface area contributed by atoms with Gasteiger partial charge in [0.25, 0.3) is 0 Å². The molecule has 1 saturated heterocycles. The van der Waals surface area contributed by atoms with Crippen molar-refractivity contribution in [3.63, 3.8) is 0 Å². The Morgan fingerprint density at radius 2 is 2.23 bits per heavy atom. The number of hydrogen-bond acceptors (Lipinski definition) is 4. The lowest BCUT2D eigenvalue weighted by molar-refractivity contribution is 0.131. The normalized spacial score (nSPS) is 21.5. The second kappa shape index (κ2) is 10.7. The average molecular weight is 428 g/mol. The molecule has 1 aliphatic heterocycles. The number of ether oxygens (including phenoxy) is 2. The van der Waals surface area contributed by atoms with E-state index in [1.807, 2.05) is 38.1 Å². The molecule has 146 valence electrons. The lowest BCUT2D eigenvalue weighted by Gasteiger charge is -2.25. The van der Waals surface area contributed by atoms with Crippen molar-refractivity contribution in [2.45, 2.75) is 32.8 Å². The molecular weight excluding hydrogens is 398 g/mol. The molecule has 0 spiro atoms. The van der Waals surface area contributed by atoms with Gasteiger partial charge in [-0.2, -0.15) is 0 Å². The fourth-order valence-corrected chi connectivity index (χ4v) is 3.29. The Morgan fingerprint density at radius 3 is 2.88 bits per heavy atom. The lowest BCUT2D eigenvalue weighted by Crippen LogP contribution is -2.42. The van der Waals surface area contributed by atoms with Crippen LogP contribution in [0.5, 0.6) is 5.75 Å². The van der Waals surface area contributed by atoms with E-state index in [0.717, 1.165) is 42.2 Å². The van der Waals surface area contributed by atoms with E-state index in [9.17, 15) is 5.11 Å². The summed E-state index contributed by atoms with van der Waals surface area (Å²) >= 11 is 3.50. The highest BCUT2D eigenvalue weighted by Gasteiger charge is 2.34. The number of halogens is 1. The van der Waals surface area contributed by atoms with Crippen molar-refractivity contribution in [3.05, 3.63) is 28.7 Å². The van der Waals surface area contributed by atoms with Crippen LogP contribution in [0, 0.1) is 5.41 Å². The number of para-hydroxylation sites is 1. The lowest BCUT2D eigenvalue weighted by atomic mass is 9.84. The van der Waals surface area contributed by atoms with E-state index >= 15 is 0 Å². The molecule has 6 nitrogen and oxygen atoms in total. The molecule has 0 radical (unpaired) electrons. The molecule has 0 amide bonds. The molecule has 26 heavy (non-hydrogen) atoms. The minimum Gasteiger partial charge on any atom is -0.488 e. The third-order valence-corrected chi connectivity index (χ3v) is 5.12. The second-order valence-corrected chi connectivity index (χ2v) is 7.57. The maximum atomic E-state index is 9.34. The summed E-state index contributed by atoms with van der Waals surface area (Å²) in [4.78, 5) is 4.72. The summed E-state index contributed by atoms with van der Waals surface area (Å²) in [5.41, 5.74) is -0.0475. The smallest absolute Gasteiger partial charge is 0.191 e. The van der Waals surface area contributed by atoms with Crippen LogP contribution in [0.15, 0.2) is 33.7 Å². The average Bonchev–Trinajstić information content (AvgIpc) is 3.08.